The van der Waals surface area contributed by atoms with Gasteiger partial charge in [-0.25, -0.2) is 0 Å². The molecule has 4 heteroatoms. The van der Waals surface area contributed by atoms with Crippen LogP contribution in [0.15, 0.2) is 22.7 Å². The first-order chi connectivity index (χ1) is 7.59. The van der Waals surface area contributed by atoms with Crippen LogP contribution >= 0.6 is 15.9 Å². The fraction of sp³-hybridized carbons (Fsp3) is 0.417. The Balaban J connectivity index is 2.29. The molecule has 0 saturated carbocycles. The van der Waals surface area contributed by atoms with Crippen molar-refractivity contribution in [3.05, 3.63) is 28.2 Å². The van der Waals surface area contributed by atoms with E-state index < -0.39 is 6.10 Å². The maximum absolute atomic E-state index is 11.8. The lowest BCUT2D eigenvalue weighted by molar-refractivity contribution is -0.128. The fourth-order valence-corrected chi connectivity index (χ4v) is 2.16. The van der Waals surface area contributed by atoms with Gasteiger partial charge in [-0.1, -0.05) is 15.9 Å². The van der Waals surface area contributed by atoms with Gasteiger partial charge in [0.2, 0.25) is 0 Å². The number of amides is 1. The van der Waals surface area contributed by atoms with Gasteiger partial charge in [0.25, 0.3) is 5.91 Å². The Bertz CT molecular complexity index is 419. The standard InChI is InChI=1S/C12H14BrNO2/c1-8-7-9(4-5-10(8)13)14-6-2-3-11(15)12(14)16/h4-5,7,11,15H,2-3,6H2,1H3. The molecule has 1 saturated heterocycles. The lowest BCUT2D eigenvalue weighted by atomic mass is 10.1. The van der Waals surface area contributed by atoms with Crippen LogP contribution in [0.2, 0.25) is 0 Å². The molecule has 0 spiro atoms. The molecule has 0 bridgehead atoms. The second-order valence-corrected chi connectivity index (χ2v) is 4.94. The van der Waals surface area contributed by atoms with E-state index in [1.807, 2.05) is 25.1 Å². The molecule has 1 amide bonds. The molecule has 16 heavy (non-hydrogen) atoms. The van der Waals surface area contributed by atoms with Crippen LogP contribution < -0.4 is 4.90 Å². The van der Waals surface area contributed by atoms with Crippen molar-refractivity contribution in [3.63, 3.8) is 0 Å². The molecular weight excluding hydrogens is 270 g/mol. The zero-order chi connectivity index (χ0) is 11.7. The maximum atomic E-state index is 11.8. The van der Waals surface area contributed by atoms with Gasteiger partial charge in [-0.3, -0.25) is 4.79 Å². The quantitative estimate of drug-likeness (QED) is 0.859. The van der Waals surface area contributed by atoms with Crippen LogP contribution in [0.3, 0.4) is 0 Å². The minimum absolute atomic E-state index is 0.187. The number of aliphatic hydroxyl groups excluding tert-OH is 1. The van der Waals surface area contributed by atoms with Crippen molar-refractivity contribution in [2.24, 2.45) is 0 Å². The predicted octanol–water partition coefficient (Wildman–Crippen LogP) is 2.25. The molecule has 1 N–H and O–H groups in total. The topological polar surface area (TPSA) is 40.5 Å². The SMILES string of the molecule is Cc1cc(N2CCCC(O)C2=O)ccc1Br. The van der Waals surface area contributed by atoms with E-state index >= 15 is 0 Å². The number of anilines is 1. The normalized spacial score (nSPS) is 21.3. The summed E-state index contributed by atoms with van der Waals surface area (Å²) in [7, 11) is 0. The second-order valence-electron chi connectivity index (χ2n) is 4.08. The minimum atomic E-state index is -0.835. The molecule has 1 heterocycles. The van der Waals surface area contributed by atoms with Crippen molar-refractivity contribution >= 4 is 27.5 Å². The minimum Gasteiger partial charge on any atom is -0.383 e. The summed E-state index contributed by atoms with van der Waals surface area (Å²) in [4.78, 5) is 13.4. The number of piperidine rings is 1. The van der Waals surface area contributed by atoms with E-state index in [9.17, 15) is 9.90 Å². The third-order valence-corrected chi connectivity index (χ3v) is 3.75. The molecule has 1 atom stereocenters. The third-order valence-electron chi connectivity index (χ3n) is 2.86. The van der Waals surface area contributed by atoms with Gasteiger partial charge in [0.15, 0.2) is 0 Å². The van der Waals surface area contributed by atoms with Crippen molar-refractivity contribution in [2.75, 3.05) is 11.4 Å². The molecule has 86 valence electrons. The first-order valence-corrected chi connectivity index (χ1v) is 6.14. The Morgan fingerprint density at radius 3 is 2.94 bits per heavy atom. The van der Waals surface area contributed by atoms with E-state index in [4.69, 9.17) is 0 Å². The maximum Gasteiger partial charge on any atom is 0.255 e. The highest BCUT2D eigenvalue weighted by Gasteiger charge is 2.27. The van der Waals surface area contributed by atoms with Crippen molar-refractivity contribution < 1.29 is 9.90 Å². The van der Waals surface area contributed by atoms with Crippen LogP contribution in [0.1, 0.15) is 18.4 Å². The number of aliphatic hydroxyl groups is 1. The molecular formula is C12H14BrNO2. The number of halogens is 1. The van der Waals surface area contributed by atoms with Gasteiger partial charge in [-0.2, -0.15) is 0 Å². The average molecular weight is 284 g/mol. The number of nitrogens with zero attached hydrogens (tertiary/aromatic N) is 1. The van der Waals surface area contributed by atoms with E-state index in [1.54, 1.807) is 4.90 Å². The smallest absolute Gasteiger partial charge is 0.255 e. The van der Waals surface area contributed by atoms with Gasteiger partial charge >= 0.3 is 0 Å². The van der Waals surface area contributed by atoms with Crippen molar-refractivity contribution in [3.8, 4) is 0 Å². The molecule has 1 unspecified atom stereocenters. The van der Waals surface area contributed by atoms with Crippen molar-refractivity contribution in [1.82, 2.24) is 0 Å². The molecule has 1 fully saturated rings. The summed E-state index contributed by atoms with van der Waals surface area (Å²) >= 11 is 3.43. The molecule has 1 aliphatic heterocycles. The third kappa shape index (κ3) is 2.13. The molecule has 0 aliphatic carbocycles. The first-order valence-electron chi connectivity index (χ1n) is 5.35. The Morgan fingerprint density at radius 2 is 2.25 bits per heavy atom. The van der Waals surface area contributed by atoms with Crippen molar-refractivity contribution in [2.45, 2.75) is 25.9 Å². The van der Waals surface area contributed by atoms with Crippen LogP contribution in [0, 0.1) is 6.92 Å². The number of benzene rings is 1. The summed E-state index contributed by atoms with van der Waals surface area (Å²) in [6.45, 7) is 2.68. The summed E-state index contributed by atoms with van der Waals surface area (Å²) in [5, 5.41) is 9.53. The molecule has 1 aliphatic rings. The Morgan fingerprint density at radius 1 is 1.50 bits per heavy atom. The fourth-order valence-electron chi connectivity index (χ4n) is 1.91. The summed E-state index contributed by atoms with van der Waals surface area (Å²) in [6, 6.07) is 5.78. The lowest BCUT2D eigenvalue weighted by Crippen LogP contribution is -2.44. The van der Waals surface area contributed by atoms with Gasteiger partial charge in [-0.05, 0) is 43.5 Å². The molecule has 0 radical (unpaired) electrons. The highest BCUT2D eigenvalue weighted by atomic mass is 79.9. The number of carbonyl (C=O) groups is 1. The molecule has 1 aromatic carbocycles. The average Bonchev–Trinajstić information content (AvgIpc) is 2.26. The van der Waals surface area contributed by atoms with E-state index in [0.717, 1.165) is 22.1 Å². The van der Waals surface area contributed by atoms with Crippen LogP contribution in [0.4, 0.5) is 5.69 Å². The van der Waals surface area contributed by atoms with Crippen LogP contribution in [0.5, 0.6) is 0 Å². The first kappa shape index (κ1) is 11.6. The summed E-state index contributed by atoms with van der Waals surface area (Å²) in [6.07, 6.45) is 0.588. The highest BCUT2D eigenvalue weighted by molar-refractivity contribution is 9.10. The molecule has 0 aromatic heterocycles. The van der Waals surface area contributed by atoms with E-state index in [0.29, 0.717) is 13.0 Å². The van der Waals surface area contributed by atoms with Crippen LogP contribution in [-0.2, 0) is 4.79 Å². The highest BCUT2D eigenvalue weighted by Crippen LogP contribution is 2.25. The van der Waals surface area contributed by atoms with E-state index in [2.05, 4.69) is 15.9 Å². The molecule has 3 nitrogen and oxygen atoms in total. The predicted molar refractivity (Wildman–Crippen MR) is 66.5 cm³/mol. The van der Waals surface area contributed by atoms with Crippen LogP contribution in [0.25, 0.3) is 0 Å². The number of hydrogen-bond acceptors (Lipinski definition) is 2. The molecule has 1 aromatic rings. The van der Waals surface area contributed by atoms with Crippen LogP contribution in [-0.4, -0.2) is 23.7 Å². The van der Waals surface area contributed by atoms with Gasteiger partial charge in [0.05, 0.1) is 0 Å². The number of rotatable bonds is 1. The monoisotopic (exact) mass is 283 g/mol. The largest absolute Gasteiger partial charge is 0.383 e. The zero-order valence-electron chi connectivity index (χ0n) is 9.11. The second kappa shape index (κ2) is 4.55. The van der Waals surface area contributed by atoms with Gasteiger partial charge in [0, 0.05) is 16.7 Å². The number of aryl methyl sites for hydroxylation is 1. The Labute approximate surface area is 103 Å². The number of carbonyl (C=O) groups excluding carboxylic acids is 1. The lowest BCUT2D eigenvalue weighted by Gasteiger charge is -2.30. The van der Waals surface area contributed by atoms with Crippen molar-refractivity contribution in [1.29, 1.82) is 0 Å². The van der Waals surface area contributed by atoms with E-state index in [-0.39, 0.29) is 5.91 Å². The summed E-state index contributed by atoms with van der Waals surface area (Å²) < 4.78 is 1.03. The molecule has 2 rings (SSSR count). The van der Waals surface area contributed by atoms with Gasteiger partial charge < -0.3 is 10.0 Å². The van der Waals surface area contributed by atoms with Gasteiger partial charge in [-0.15, -0.1) is 0 Å². The number of hydrogen-bond donors (Lipinski definition) is 1. The van der Waals surface area contributed by atoms with E-state index in [1.165, 1.54) is 0 Å². The zero-order valence-corrected chi connectivity index (χ0v) is 10.7. The Kier molecular flexibility index (Phi) is 3.30. The summed E-state index contributed by atoms with van der Waals surface area (Å²) in [5.41, 5.74) is 1.95. The summed E-state index contributed by atoms with van der Waals surface area (Å²) in [5.74, 6) is -0.187. The van der Waals surface area contributed by atoms with Gasteiger partial charge in [0.1, 0.15) is 6.10 Å². The Hall–Kier alpha value is -0.870.